The van der Waals surface area contributed by atoms with Crippen LogP contribution in [0.2, 0.25) is 0 Å². The van der Waals surface area contributed by atoms with Gasteiger partial charge >= 0.3 is 11.9 Å². The number of nitrogens with zero attached hydrogens (tertiary/aromatic N) is 1. The summed E-state index contributed by atoms with van der Waals surface area (Å²) >= 11 is 5.27. The van der Waals surface area contributed by atoms with Gasteiger partial charge in [-0.3, -0.25) is 19.2 Å². The second-order valence-electron chi connectivity index (χ2n) is 8.54. The first kappa shape index (κ1) is 29.8. The third-order valence-corrected chi connectivity index (χ3v) is 6.08. The number of rotatable bonds is 16. The summed E-state index contributed by atoms with van der Waals surface area (Å²) < 4.78 is 9.84. The van der Waals surface area contributed by atoms with Crippen molar-refractivity contribution in [3.63, 3.8) is 0 Å². The first-order chi connectivity index (χ1) is 16.4. The van der Waals surface area contributed by atoms with E-state index in [1.807, 2.05) is 0 Å². The van der Waals surface area contributed by atoms with Crippen molar-refractivity contribution in [2.24, 2.45) is 0 Å². The molecule has 1 heterocycles. The van der Waals surface area contributed by atoms with Gasteiger partial charge in [-0.25, -0.2) is 0 Å². The lowest BCUT2D eigenvalue weighted by molar-refractivity contribution is -0.147. The lowest BCUT2D eigenvalue weighted by atomic mass is 10.1. The van der Waals surface area contributed by atoms with Crippen LogP contribution >= 0.6 is 12.2 Å². The molecule has 194 valence electrons. The van der Waals surface area contributed by atoms with Crippen molar-refractivity contribution < 1.29 is 28.7 Å². The lowest BCUT2D eigenvalue weighted by Crippen LogP contribution is -2.60. The molecule has 34 heavy (non-hydrogen) atoms. The van der Waals surface area contributed by atoms with Crippen LogP contribution in [0.25, 0.3) is 0 Å². The second kappa shape index (κ2) is 18.1. The van der Waals surface area contributed by atoms with Gasteiger partial charge in [0.15, 0.2) is 5.11 Å². The third kappa shape index (κ3) is 12.9. The number of carbonyl (C=O) groups is 4. The number of esters is 2. The van der Waals surface area contributed by atoms with E-state index in [-0.39, 0.29) is 30.3 Å². The molecule has 0 saturated carbocycles. The Hall–Kier alpha value is -2.23. The van der Waals surface area contributed by atoms with Gasteiger partial charge in [0.05, 0.1) is 26.6 Å². The molecule has 1 unspecified atom stereocenters. The fraction of sp³-hybridized carbons (Fsp3) is 0.792. The van der Waals surface area contributed by atoms with E-state index in [1.165, 1.54) is 57.0 Å². The van der Waals surface area contributed by atoms with Gasteiger partial charge in [0.1, 0.15) is 6.04 Å². The maximum Gasteiger partial charge on any atom is 0.308 e. The van der Waals surface area contributed by atoms with Crippen molar-refractivity contribution in [1.82, 2.24) is 15.5 Å². The van der Waals surface area contributed by atoms with E-state index in [1.54, 1.807) is 0 Å². The zero-order chi connectivity index (χ0) is 25.2. The number of unbranched alkanes of at least 4 members (excludes halogenated alkanes) is 9. The van der Waals surface area contributed by atoms with Gasteiger partial charge in [0.25, 0.3) is 0 Å². The molecule has 1 saturated heterocycles. The second-order valence-corrected chi connectivity index (χ2v) is 8.92. The minimum absolute atomic E-state index is 0.0530. The number of thiocarbonyl (C=S) groups is 1. The Balaban J connectivity index is 2.30. The fourth-order valence-electron chi connectivity index (χ4n) is 3.72. The highest BCUT2D eigenvalue weighted by molar-refractivity contribution is 7.80. The number of hydrogen-bond donors (Lipinski definition) is 2. The smallest absolute Gasteiger partial charge is 0.308 e. The highest BCUT2D eigenvalue weighted by Crippen LogP contribution is 2.13. The van der Waals surface area contributed by atoms with Crippen LogP contribution in [-0.2, 0) is 28.7 Å². The van der Waals surface area contributed by atoms with Crippen LogP contribution in [0.5, 0.6) is 0 Å². The van der Waals surface area contributed by atoms with E-state index in [0.29, 0.717) is 19.7 Å². The largest absolute Gasteiger partial charge is 0.469 e. The van der Waals surface area contributed by atoms with Crippen molar-refractivity contribution >= 4 is 41.1 Å². The fourth-order valence-corrected chi connectivity index (χ4v) is 4.06. The van der Waals surface area contributed by atoms with E-state index in [4.69, 9.17) is 17.0 Å². The summed E-state index contributed by atoms with van der Waals surface area (Å²) in [6.07, 6.45) is 11.6. The van der Waals surface area contributed by atoms with Gasteiger partial charge in [-0.05, 0) is 18.6 Å². The van der Waals surface area contributed by atoms with Gasteiger partial charge < -0.3 is 25.0 Å². The predicted molar refractivity (Wildman–Crippen MR) is 133 cm³/mol. The average molecular weight is 500 g/mol. The number of amides is 2. The summed E-state index contributed by atoms with van der Waals surface area (Å²) in [5, 5.41) is 5.29. The number of carbonyl (C=O) groups excluding carboxylic acids is 4. The van der Waals surface area contributed by atoms with Gasteiger partial charge in [-0.1, -0.05) is 64.7 Å². The SMILES string of the molecule is CCCCCCCCCCCCOC(=O)CC1C(=O)NCCN1C(=S)NC(=O)CCC(=O)OC. The van der Waals surface area contributed by atoms with Crippen molar-refractivity contribution in [2.75, 3.05) is 26.8 Å². The molecule has 10 heteroatoms. The number of methoxy groups -OCH3 is 1. The van der Waals surface area contributed by atoms with Crippen LogP contribution in [0.3, 0.4) is 0 Å². The number of ether oxygens (including phenoxy) is 2. The van der Waals surface area contributed by atoms with Crippen LogP contribution in [0, 0.1) is 0 Å². The molecule has 0 aromatic rings. The summed E-state index contributed by atoms with van der Waals surface area (Å²) in [6.45, 7) is 3.26. The minimum atomic E-state index is -0.845. The molecule has 0 bridgehead atoms. The Labute approximate surface area is 208 Å². The van der Waals surface area contributed by atoms with Crippen molar-refractivity contribution in [1.29, 1.82) is 0 Å². The van der Waals surface area contributed by atoms with E-state index >= 15 is 0 Å². The first-order valence-electron chi connectivity index (χ1n) is 12.5. The zero-order valence-corrected chi connectivity index (χ0v) is 21.5. The van der Waals surface area contributed by atoms with E-state index in [2.05, 4.69) is 22.3 Å². The molecule has 2 amide bonds. The quantitative estimate of drug-likeness (QED) is 0.189. The normalized spacial score (nSPS) is 15.4. The highest BCUT2D eigenvalue weighted by atomic mass is 32.1. The van der Waals surface area contributed by atoms with Crippen LogP contribution in [0.15, 0.2) is 0 Å². The molecule has 1 rings (SSSR count). The molecule has 0 aliphatic carbocycles. The number of hydrogen-bond acceptors (Lipinski definition) is 7. The van der Waals surface area contributed by atoms with Gasteiger partial charge in [-0.15, -0.1) is 0 Å². The molecule has 1 aliphatic rings. The number of nitrogens with one attached hydrogen (secondary N) is 2. The first-order valence-corrected chi connectivity index (χ1v) is 12.9. The Morgan fingerprint density at radius 1 is 1.00 bits per heavy atom. The summed E-state index contributed by atoms with van der Waals surface area (Å²) in [7, 11) is 1.25. The molecule has 1 atom stereocenters. The van der Waals surface area contributed by atoms with Crippen molar-refractivity contribution in [3.8, 4) is 0 Å². The van der Waals surface area contributed by atoms with Gasteiger partial charge in [0.2, 0.25) is 11.8 Å². The Bertz CT molecular complexity index is 673. The van der Waals surface area contributed by atoms with Crippen LogP contribution in [0.4, 0.5) is 0 Å². The van der Waals surface area contributed by atoms with E-state index in [0.717, 1.165) is 19.3 Å². The Kier molecular flexibility index (Phi) is 15.9. The molecule has 0 aromatic heterocycles. The maximum atomic E-state index is 12.3. The average Bonchev–Trinajstić information content (AvgIpc) is 2.82. The van der Waals surface area contributed by atoms with Gasteiger partial charge in [0, 0.05) is 19.5 Å². The van der Waals surface area contributed by atoms with Crippen molar-refractivity contribution in [3.05, 3.63) is 0 Å². The molecule has 1 fully saturated rings. The van der Waals surface area contributed by atoms with Crippen LogP contribution in [0.1, 0.15) is 90.4 Å². The highest BCUT2D eigenvalue weighted by Gasteiger charge is 2.34. The van der Waals surface area contributed by atoms with Gasteiger partial charge in [-0.2, -0.15) is 0 Å². The monoisotopic (exact) mass is 499 g/mol. The van der Waals surface area contributed by atoms with Crippen LogP contribution < -0.4 is 10.6 Å². The minimum Gasteiger partial charge on any atom is -0.469 e. The molecule has 0 spiro atoms. The summed E-state index contributed by atoms with van der Waals surface area (Å²) in [4.78, 5) is 49.4. The lowest BCUT2D eigenvalue weighted by Gasteiger charge is -2.36. The molecule has 2 N–H and O–H groups in total. The number of piperazine rings is 1. The Morgan fingerprint density at radius 3 is 2.24 bits per heavy atom. The topological polar surface area (TPSA) is 114 Å². The van der Waals surface area contributed by atoms with E-state index in [9.17, 15) is 19.2 Å². The molecule has 0 aromatic carbocycles. The third-order valence-electron chi connectivity index (χ3n) is 5.74. The molecule has 9 nitrogen and oxygen atoms in total. The zero-order valence-electron chi connectivity index (χ0n) is 20.7. The Morgan fingerprint density at radius 2 is 1.62 bits per heavy atom. The summed E-state index contributed by atoms with van der Waals surface area (Å²) in [6, 6.07) is -0.845. The molecule has 1 aliphatic heterocycles. The molecule has 0 radical (unpaired) electrons. The van der Waals surface area contributed by atoms with Crippen molar-refractivity contribution in [2.45, 2.75) is 96.4 Å². The maximum absolute atomic E-state index is 12.3. The predicted octanol–water partition coefficient (Wildman–Crippen LogP) is 3.00. The summed E-state index contributed by atoms with van der Waals surface area (Å²) in [5.74, 6) is -1.76. The molecular weight excluding hydrogens is 458 g/mol. The van der Waals surface area contributed by atoms with Crippen LogP contribution in [-0.4, -0.2) is 66.6 Å². The van der Waals surface area contributed by atoms with E-state index < -0.39 is 23.9 Å². The standard InChI is InChI=1S/C24H41N3O6S/c1-3-4-5-6-7-8-9-10-11-12-17-33-22(30)18-19-23(31)25-15-16-27(19)24(34)26-20(28)13-14-21(29)32-2/h19H,3-18H2,1-2H3,(H,25,31)(H,26,28,34). The summed E-state index contributed by atoms with van der Waals surface area (Å²) in [5.41, 5.74) is 0. The molecular formula is C24H41N3O6S.